The van der Waals surface area contributed by atoms with Crippen molar-refractivity contribution >= 4 is 17.6 Å². The van der Waals surface area contributed by atoms with E-state index in [4.69, 9.17) is 22.0 Å². The highest BCUT2D eigenvalue weighted by molar-refractivity contribution is 6.31. The van der Waals surface area contributed by atoms with Crippen molar-refractivity contribution < 1.29 is 9.90 Å². The maximum atomic E-state index is 10.5. The number of aliphatic carboxylic acids is 1. The third-order valence-corrected chi connectivity index (χ3v) is 2.35. The minimum atomic E-state index is -0.955. The Bertz CT molecular complexity index is 421. The van der Waals surface area contributed by atoms with Crippen LogP contribution in [0.5, 0.6) is 0 Å². The second-order valence-electron chi connectivity index (χ2n) is 2.89. The summed E-state index contributed by atoms with van der Waals surface area (Å²) in [5.41, 5.74) is 1.50. The van der Waals surface area contributed by atoms with Crippen molar-refractivity contribution in [2.24, 2.45) is 0 Å². The number of nitrogens with zero attached hydrogens (tertiary/aromatic N) is 1. The number of carboxylic acids is 1. The first-order chi connectivity index (χ1) is 6.56. The highest BCUT2D eigenvalue weighted by atomic mass is 35.5. The summed E-state index contributed by atoms with van der Waals surface area (Å²) in [6, 6.07) is 5.14. The number of carbonyl (C=O) groups is 1. The van der Waals surface area contributed by atoms with Crippen molar-refractivity contribution in [1.29, 1.82) is 5.26 Å². The fraction of sp³-hybridized carbons (Fsp3) is 0.200. The molecule has 0 aromatic heterocycles. The summed E-state index contributed by atoms with van der Waals surface area (Å²) in [5, 5.41) is 17.9. The van der Waals surface area contributed by atoms with Gasteiger partial charge in [-0.1, -0.05) is 17.7 Å². The summed E-state index contributed by atoms with van der Waals surface area (Å²) < 4.78 is 0. The van der Waals surface area contributed by atoms with E-state index in [0.717, 1.165) is 0 Å². The van der Waals surface area contributed by atoms with Crippen LogP contribution in [0.1, 0.15) is 16.7 Å². The van der Waals surface area contributed by atoms with Gasteiger partial charge in [0.25, 0.3) is 0 Å². The maximum Gasteiger partial charge on any atom is 0.307 e. The molecule has 0 aliphatic heterocycles. The molecule has 3 nitrogen and oxygen atoms in total. The van der Waals surface area contributed by atoms with E-state index in [9.17, 15) is 4.79 Å². The number of halogens is 1. The normalized spacial score (nSPS) is 9.50. The van der Waals surface area contributed by atoms with Crippen molar-refractivity contribution in [2.75, 3.05) is 0 Å². The SMILES string of the molecule is Cc1c(Cl)ccc(CC(=O)O)c1C#N. The van der Waals surface area contributed by atoms with Gasteiger partial charge in [-0.2, -0.15) is 5.26 Å². The van der Waals surface area contributed by atoms with E-state index in [1.54, 1.807) is 19.1 Å². The third kappa shape index (κ3) is 2.04. The smallest absolute Gasteiger partial charge is 0.307 e. The van der Waals surface area contributed by atoms with Gasteiger partial charge in [-0.3, -0.25) is 4.79 Å². The first-order valence-corrected chi connectivity index (χ1v) is 4.34. The maximum absolute atomic E-state index is 10.5. The molecule has 1 N–H and O–H groups in total. The lowest BCUT2D eigenvalue weighted by Gasteiger charge is -2.05. The lowest BCUT2D eigenvalue weighted by molar-refractivity contribution is -0.136. The van der Waals surface area contributed by atoms with Crippen LogP contribution in [-0.4, -0.2) is 11.1 Å². The van der Waals surface area contributed by atoms with E-state index < -0.39 is 5.97 Å². The first kappa shape index (κ1) is 10.6. The number of hydrogen-bond donors (Lipinski definition) is 1. The van der Waals surface area contributed by atoms with Gasteiger partial charge in [0.1, 0.15) is 0 Å². The fourth-order valence-electron chi connectivity index (χ4n) is 1.21. The van der Waals surface area contributed by atoms with Gasteiger partial charge in [-0.15, -0.1) is 0 Å². The molecule has 0 fully saturated rings. The van der Waals surface area contributed by atoms with Crippen LogP contribution in [0.15, 0.2) is 12.1 Å². The Morgan fingerprint density at radius 2 is 2.29 bits per heavy atom. The number of benzene rings is 1. The van der Waals surface area contributed by atoms with E-state index in [-0.39, 0.29) is 6.42 Å². The molecule has 1 rings (SSSR count). The molecule has 0 aliphatic carbocycles. The largest absolute Gasteiger partial charge is 0.481 e. The molecule has 4 heteroatoms. The quantitative estimate of drug-likeness (QED) is 0.812. The van der Waals surface area contributed by atoms with Crippen LogP contribution in [0.25, 0.3) is 0 Å². The number of rotatable bonds is 2. The van der Waals surface area contributed by atoms with Crippen molar-refractivity contribution in [2.45, 2.75) is 13.3 Å². The van der Waals surface area contributed by atoms with E-state index >= 15 is 0 Å². The van der Waals surface area contributed by atoms with Crippen LogP contribution >= 0.6 is 11.6 Å². The molecule has 1 aromatic rings. The Kier molecular flexibility index (Phi) is 3.10. The molecule has 14 heavy (non-hydrogen) atoms. The summed E-state index contributed by atoms with van der Waals surface area (Å²) in [6.45, 7) is 1.70. The summed E-state index contributed by atoms with van der Waals surface area (Å²) in [7, 11) is 0. The van der Waals surface area contributed by atoms with Gasteiger partial charge in [-0.05, 0) is 24.1 Å². The monoisotopic (exact) mass is 209 g/mol. The minimum Gasteiger partial charge on any atom is -0.481 e. The molecule has 1 aromatic carbocycles. The summed E-state index contributed by atoms with van der Waals surface area (Å²) in [4.78, 5) is 10.5. The highest BCUT2D eigenvalue weighted by Gasteiger charge is 2.10. The lowest BCUT2D eigenvalue weighted by atomic mass is 10.0. The Balaban J connectivity index is 3.26. The van der Waals surface area contributed by atoms with E-state index in [1.165, 1.54) is 0 Å². The van der Waals surface area contributed by atoms with Gasteiger partial charge in [-0.25, -0.2) is 0 Å². The predicted octanol–water partition coefficient (Wildman–Crippen LogP) is 2.15. The van der Waals surface area contributed by atoms with Crippen LogP contribution in [0, 0.1) is 18.3 Å². The molecule has 0 amide bonds. The van der Waals surface area contributed by atoms with Gasteiger partial charge in [0, 0.05) is 5.02 Å². The van der Waals surface area contributed by atoms with Crippen LogP contribution in [0.2, 0.25) is 5.02 Å². The van der Waals surface area contributed by atoms with Crippen molar-refractivity contribution in [1.82, 2.24) is 0 Å². The molecular weight excluding hydrogens is 202 g/mol. The van der Waals surface area contributed by atoms with E-state index in [1.807, 2.05) is 6.07 Å². The molecular formula is C10H8ClNO2. The molecule has 0 unspecified atom stereocenters. The molecule has 0 atom stereocenters. The Labute approximate surface area is 86.5 Å². The molecule has 0 radical (unpaired) electrons. The van der Waals surface area contributed by atoms with Crippen LogP contribution < -0.4 is 0 Å². The Morgan fingerprint density at radius 3 is 2.79 bits per heavy atom. The standard InChI is InChI=1S/C10H8ClNO2/c1-6-8(5-12)7(4-10(13)14)2-3-9(6)11/h2-3H,4H2,1H3,(H,13,14). The third-order valence-electron chi connectivity index (χ3n) is 1.94. The fourth-order valence-corrected chi connectivity index (χ4v) is 1.37. The number of carboxylic acid groups (broad SMARTS) is 1. The zero-order valence-corrected chi connectivity index (χ0v) is 8.30. The summed E-state index contributed by atoms with van der Waals surface area (Å²) in [6.07, 6.45) is -0.152. The van der Waals surface area contributed by atoms with Gasteiger partial charge < -0.3 is 5.11 Å². The zero-order chi connectivity index (χ0) is 10.7. The molecule has 0 bridgehead atoms. The lowest BCUT2D eigenvalue weighted by Crippen LogP contribution is -2.03. The molecule has 0 saturated heterocycles. The Hall–Kier alpha value is -1.53. The van der Waals surface area contributed by atoms with Crippen LogP contribution in [0.4, 0.5) is 0 Å². The average molecular weight is 210 g/mol. The molecule has 0 heterocycles. The summed E-state index contributed by atoms with van der Waals surface area (Å²) >= 11 is 5.80. The summed E-state index contributed by atoms with van der Waals surface area (Å²) in [5.74, 6) is -0.955. The van der Waals surface area contributed by atoms with Gasteiger partial charge >= 0.3 is 5.97 Å². The second kappa shape index (κ2) is 4.12. The molecule has 0 saturated carbocycles. The number of hydrogen-bond acceptors (Lipinski definition) is 2. The second-order valence-corrected chi connectivity index (χ2v) is 3.30. The van der Waals surface area contributed by atoms with Crippen LogP contribution in [-0.2, 0) is 11.2 Å². The number of nitriles is 1. The van der Waals surface area contributed by atoms with Crippen molar-refractivity contribution in [3.8, 4) is 6.07 Å². The van der Waals surface area contributed by atoms with E-state index in [0.29, 0.717) is 21.7 Å². The molecule has 72 valence electrons. The van der Waals surface area contributed by atoms with Crippen molar-refractivity contribution in [3.63, 3.8) is 0 Å². The topological polar surface area (TPSA) is 61.1 Å². The zero-order valence-electron chi connectivity index (χ0n) is 7.54. The minimum absolute atomic E-state index is 0.152. The van der Waals surface area contributed by atoms with Gasteiger partial charge in [0.15, 0.2) is 0 Å². The molecule has 0 spiro atoms. The Morgan fingerprint density at radius 1 is 1.64 bits per heavy atom. The van der Waals surface area contributed by atoms with Gasteiger partial charge in [0.2, 0.25) is 0 Å². The molecule has 0 aliphatic rings. The highest BCUT2D eigenvalue weighted by Crippen LogP contribution is 2.22. The van der Waals surface area contributed by atoms with Gasteiger partial charge in [0.05, 0.1) is 18.1 Å². The van der Waals surface area contributed by atoms with Crippen LogP contribution in [0.3, 0.4) is 0 Å². The average Bonchev–Trinajstić information content (AvgIpc) is 2.11. The predicted molar refractivity (Wildman–Crippen MR) is 52.2 cm³/mol. The first-order valence-electron chi connectivity index (χ1n) is 3.96. The van der Waals surface area contributed by atoms with E-state index in [2.05, 4.69) is 0 Å². The van der Waals surface area contributed by atoms with Crippen molar-refractivity contribution in [3.05, 3.63) is 33.8 Å².